The number of hydrogen-bond donors (Lipinski definition) is 1. The summed E-state index contributed by atoms with van der Waals surface area (Å²) in [4.78, 5) is 27.0. The SMILES string of the molecule is CCN(CC)C(=O)c1ccc(NC(=O)c2ccccc2Cc2ccccc2)cc1. The fraction of sp³-hybridized carbons (Fsp3) is 0.200. The zero-order valence-corrected chi connectivity index (χ0v) is 16.9. The number of carbonyl (C=O) groups is 2. The summed E-state index contributed by atoms with van der Waals surface area (Å²) < 4.78 is 0. The van der Waals surface area contributed by atoms with Gasteiger partial charge in [-0.15, -0.1) is 0 Å². The van der Waals surface area contributed by atoms with Crippen LogP contribution in [0, 0.1) is 0 Å². The van der Waals surface area contributed by atoms with Gasteiger partial charge in [0.05, 0.1) is 0 Å². The first-order valence-corrected chi connectivity index (χ1v) is 9.95. The van der Waals surface area contributed by atoms with E-state index in [4.69, 9.17) is 0 Å². The number of hydrogen-bond acceptors (Lipinski definition) is 2. The van der Waals surface area contributed by atoms with Crippen LogP contribution < -0.4 is 5.32 Å². The minimum atomic E-state index is -0.153. The molecule has 0 fully saturated rings. The lowest BCUT2D eigenvalue weighted by molar-refractivity contribution is 0.0773. The molecule has 0 spiro atoms. The van der Waals surface area contributed by atoms with Crippen LogP contribution in [0.2, 0.25) is 0 Å². The highest BCUT2D eigenvalue weighted by Crippen LogP contribution is 2.18. The minimum absolute atomic E-state index is 0.00100. The highest BCUT2D eigenvalue weighted by atomic mass is 16.2. The van der Waals surface area contributed by atoms with Crippen LogP contribution in [0.15, 0.2) is 78.9 Å². The maximum atomic E-state index is 12.9. The molecule has 148 valence electrons. The monoisotopic (exact) mass is 386 g/mol. The van der Waals surface area contributed by atoms with Crippen molar-refractivity contribution >= 4 is 17.5 Å². The van der Waals surface area contributed by atoms with Gasteiger partial charge in [0.25, 0.3) is 11.8 Å². The van der Waals surface area contributed by atoms with Crippen LogP contribution in [0.5, 0.6) is 0 Å². The van der Waals surface area contributed by atoms with E-state index in [1.54, 1.807) is 29.2 Å². The Kier molecular flexibility index (Phi) is 6.80. The Morgan fingerprint density at radius 1 is 0.793 bits per heavy atom. The summed E-state index contributed by atoms with van der Waals surface area (Å²) in [5.74, 6) is -0.152. The third-order valence-electron chi connectivity index (χ3n) is 4.94. The zero-order valence-electron chi connectivity index (χ0n) is 16.9. The van der Waals surface area contributed by atoms with E-state index in [0.717, 1.165) is 11.1 Å². The van der Waals surface area contributed by atoms with Crippen LogP contribution in [-0.4, -0.2) is 29.8 Å². The molecule has 0 radical (unpaired) electrons. The van der Waals surface area contributed by atoms with Gasteiger partial charge in [0.15, 0.2) is 0 Å². The Balaban J connectivity index is 1.73. The third kappa shape index (κ3) is 5.11. The van der Waals surface area contributed by atoms with Crippen molar-refractivity contribution in [3.8, 4) is 0 Å². The summed E-state index contributed by atoms with van der Waals surface area (Å²) >= 11 is 0. The first-order chi connectivity index (χ1) is 14.1. The van der Waals surface area contributed by atoms with Gasteiger partial charge in [0, 0.05) is 29.9 Å². The van der Waals surface area contributed by atoms with Crippen molar-refractivity contribution in [2.75, 3.05) is 18.4 Å². The first kappa shape index (κ1) is 20.3. The van der Waals surface area contributed by atoms with Crippen molar-refractivity contribution in [1.29, 1.82) is 0 Å². The van der Waals surface area contributed by atoms with E-state index >= 15 is 0 Å². The molecule has 0 unspecified atom stereocenters. The summed E-state index contributed by atoms with van der Waals surface area (Å²) in [6, 6.07) is 24.8. The van der Waals surface area contributed by atoms with Crippen molar-refractivity contribution in [1.82, 2.24) is 4.90 Å². The number of benzene rings is 3. The van der Waals surface area contributed by atoms with E-state index in [9.17, 15) is 9.59 Å². The lowest BCUT2D eigenvalue weighted by Crippen LogP contribution is -2.30. The summed E-state index contributed by atoms with van der Waals surface area (Å²) in [7, 11) is 0. The highest BCUT2D eigenvalue weighted by molar-refractivity contribution is 6.05. The second-order valence-electron chi connectivity index (χ2n) is 6.83. The van der Waals surface area contributed by atoms with Gasteiger partial charge in [-0.1, -0.05) is 48.5 Å². The molecule has 0 aliphatic rings. The molecule has 1 N–H and O–H groups in total. The number of nitrogens with one attached hydrogen (secondary N) is 1. The molecule has 0 aromatic heterocycles. The van der Waals surface area contributed by atoms with Crippen molar-refractivity contribution in [3.05, 3.63) is 101 Å². The third-order valence-corrected chi connectivity index (χ3v) is 4.94. The van der Waals surface area contributed by atoms with Gasteiger partial charge in [0.2, 0.25) is 0 Å². The molecule has 29 heavy (non-hydrogen) atoms. The van der Waals surface area contributed by atoms with Crippen LogP contribution in [0.1, 0.15) is 45.7 Å². The Labute approximate surface area is 172 Å². The standard InChI is InChI=1S/C25H26N2O2/c1-3-27(4-2)25(29)20-14-16-22(17-15-20)26-24(28)23-13-9-8-12-21(23)18-19-10-6-5-7-11-19/h5-17H,3-4,18H2,1-2H3,(H,26,28). The fourth-order valence-electron chi connectivity index (χ4n) is 3.30. The zero-order chi connectivity index (χ0) is 20.6. The van der Waals surface area contributed by atoms with Crippen molar-refractivity contribution in [2.24, 2.45) is 0 Å². The smallest absolute Gasteiger partial charge is 0.255 e. The fourth-order valence-corrected chi connectivity index (χ4v) is 3.30. The molecule has 0 saturated carbocycles. The molecule has 2 amide bonds. The molecule has 3 aromatic carbocycles. The topological polar surface area (TPSA) is 49.4 Å². The van der Waals surface area contributed by atoms with Gasteiger partial charge in [-0.2, -0.15) is 0 Å². The second-order valence-corrected chi connectivity index (χ2v) is 6.83. The number of amides is 2. The van der Waals surface area contributed by atoms with Gasteiger partial charge < -0.3 is 10.2 Å². The quantitative estimate of drug-likeness (QED) is 0.620. The normalized spacial score (nSPS) is 10.4. The molecule has 0 aliphatic heterocycles. The second kappa shape index (κ2) is 9.69. The van der Waals surface area contributed by atoms with E-state index in [0.29, 0.717) is 36.3 Å². The summed E-state index contributed by atoms with van der Waals surface area (Å²) in [6.07, 6.45) is 0.696. The average molecular weight is 386 g/mol. The van der Waals surface area contributed by atoms with E-state index in [2.05, 4.69) is 17.4 Å². The predicted octanol–water partition coefficient (Wildman–Crippen LogP) is 5.01. The molecule has 4 nitrogen and oxygen atoms in total. The molecule has 3 aromatic rings. The lowest BCUT2D eigenvalue weighted by atomic mass is 9.99. The average Bonchev–Trinajstić information content (AvgIpc) is 2.76. The van der Waals surface area contributed by atoms with E-state index in [-0.39, 0.29) is 11.8 Å². The Hall–Kier alpha value is -3.40. The van der Waals surface area contributed by atoms with Gasteiger partial charge in [0.1, 0.15) is 0 Å². The maximum absolute atomic E-state index is 12.9. The van der Waals surface area contributed by atoms with E-state index in [1.165, 1.54) is 0 Å². The number of rotatable bonds is 7. The van der Waals surface area contributed by atoms with Gasteiger partial charge in [-0.25, -0.2) is 0 Å². The van der Waals surface area contributed by atoms with Crippen LogP contribution in [0.25, 0.3) is 0 Å². The molecule has 3 rings (SSSR count). The van der Waals surface area contributed by atoms with Crippen LogP contribution in [-0.2, 0) is 6.42 Å². The van der Waals surface area contributed by atoms with Crippen molar-refractivity contribution in [3.63, 3.8) is 0 Å². The van der Waals surface area contributed by atoms with Crippen molar-refractivity contribution < 1.29 is 9.59 Å². The van der Waals surface area contributed by atoms with E-state index < -0.39 is 0 Å². The largest absolute Gasteiger partial charge is 0.339 e. The molecule has 0 heterocycles. The van der Waals surface area contributed by atoms with Gasteiger partial charge in [-0.05, 0) is 61.7 Å². The molecular formula is C25H26N2O2. The Morgan fingerprint density at radius 3 is 2.07 bits per heavy atom. The maximum Gasteiger partial charge on any atom is 0.255 e. The number of anilines is 1. The highest BCUT2D eigenvalue weighted by Gasteiger charge is 2.14. The van der Waals surface area contributed by atoms with Gasteiger partial charge >= 0.3 is 0 Å². The molecule has 4 heteroatoms. The lowest BCUT2D eigenvalue weighted by Gasteiger charge is -2.18. The van der Waals surface area contributed by atoms with Gasteiger partial charge in [-0.3, -0.25) is 9.59 Å². The van der Waals surface area contributed by atoms with Crippen LogP contribution in [0.4, 0.5) is 5.69 Å². The first-order valence-electron chi connectivity index (χ1n) is 9.95. The Morgan fingerprint density at radius 2 is 1.41 bits per heavy atom. The molecular weight excluding hydrogens is 360 g/mol. The summed E-state index contributed by atoms with van der Waals surface area (Å²) in [5.41, 5.74) is 4.08. The summed E-state index contributed by atoms with van der Waals surface area (Å²) in [6.45, 7) is 5.27. The summed E-state index contributed by atoms with van der Waals surface area (Å²) in [5, 5.41) is 2.94. The Bertz CT molecular complexity index is 962. The molecule has 0 aliphatic carbocycles. The van der Waals surface area contributed by atoms with Crippen LogP contribution in [0.3, 0.4) is 0 Å². The molecule has 0 atom stereocenters. The van der Waals surface area contributed by atoms with Crippen molar-refractivity contribution in [2.45, 2.75) is 20.3 Å². The molecule has 0 bridgehead atoms. The number of carbonyl (C=O) groups excluding carboxylic acids is 2. The van der Waals surface area contributed by atoms with Crippen LogP contribution >= 0.6 is 0 Å². The van der Waals surface area contributed by atoms with E-state index in [1.807, 2.05) is 56.3 Å². The predicted molar refractivity (Wildman–Crippen MR) is 117 cm³/mol. The number of nitrogens with zero attached hydrogens (tertiary/aromatic N) is 1. The minimum Gasteiger partial charge on any atom is -0.339 e. The molecule has 0 saturated heterocycles.